The summed E-state index contributed by atoms with van der Waals surface area (Å²) in [6.45, 7) is 1.12. The average Bonchev–Trinajstić information content (AvgIpc) is 2.46. The molecule has 1 saturated heterocycles. The monoisotopic (exact) mass is 298 g/mol. The van der Waals surface area contributed by atoms with E-state index in [0.29, 0.717) is 13.1 Å². The molecule has 0 atom stereocenters. The number of nitrogens with one attached hydrogen (secondary N) is 1. The summed E-state index contributed by atoms with van der Waals surface area (Å²) >= 11 is 0. The number of phenols is 1. The molecule has 6 nitrogen and oxygen atoms in total. The normalized spacial score (nSPS) is 16.1. The molecule has 110 valence electrons. The van der Waals surface area contributed by atoms with Crippen molar-refractivity contribution in [2.24, 2.45) is 0 Å². The molecule has 0 aromatic heterocycles. The minimum Gasteiger partial charge on any atom is -0.508 e. The van der Waals surface area contributed by atoms with Gasteiger partial charge in [-0.25, -0.2) is 13.1 Å². The Balaban J connectivity index is 1.97. The van der Waals surface area contributed by atoms with E-state index in [9.17, 15) is 18.3 Å². The summed E-state index contributed by atoms with van der Waals surface area (Å²) in [4.78, 5) is 13.5. The largest absolute Gasteiger partial charge is 0.508 e. The fourth-order valence-electron chi connectivity index (χ4n) is 2.15. The Kier molecular flexibility index (Phi) is 4.61. The second-order valence-corrected chi connectivity index (χ2v) is 6.53. The van der Waals surface area contributed by atoms with Crippen LogP contribution in [0, 0.1) is 0 Å². The Hall–Kier alpha value is -1.60. The van der Waals surface area contributed by atoms with Crippen LogP contribution < -0.4 is 4.72 Å². The highest BCUT2D eigenvalue weighted by atomic mass is 32.2. The number of amides is 1. The molecular formula is C13H18N2O4S. The zero-order chi connectivity index (χ0) is 14.6. The van der Waals surface area contributed by atoms with Crippen molar-refractivity contribution in [3.05, 3.63) is 24.3 Å². The summed E-state index contributed by atoms with van der Waals surface area (Å²) in [5, 5.41) is 9.29. The van der Waals surface area contributed by atoms with Gasteiger partial charge in [0.05, 0.1) is 11.4 Å². The molecule has 1 aliphatic heterocycles. The summed E-state index contributed by atoms with van der Waals surface area (Å²) in [5.74, 6) is -0.344. The first-order chi connectivity index (χ1) is 9.49. The summed E-state index contributed by atoms with van der Waals surface area (Å²) in [7, 11) is -3.77. The molecular weight excluding hydrogens is 280 g/mol. The topological polar surface area (TPSA) is 86.7 Å². The van der Waals surface area contributed by atoms with Crippen LogP contribution in [0.25, 0.3) is 0 Å². The molecule has 0 unspecified atom stereocenters. The second-order valence-electron chi connectivity index (χ2n) is 4.76. The third-order valence-electron chi connectivity index (χ3n) is 3.25. The maximum absolute atomic E-state index is 12.0. The number of carbonyl (C=O) groups is 1. The molecule has 1 fully saturated rings. The van der Waals surface area contributed by atoms with E-state index in [1.165, 1.54) is 18.2 Å². The van der Waals surface area contributed by atoms with Gasteiger partial charge in [0.25, 0.3) is 0 Å². The molecule has 1 aromatic carbocycles. The zero-order valence-corrected chi connectivity index (χ0v) is 11.9. The lowest BCUT2D eigenvalue weighted by atomic mass is 10.1. The summed E-state index contributed by atoms with van der Waals surface area (Å²) in [6.07, 6.45) is 3.04. The maximum Gasteiger partial charge on any atom is 0.241 e. The smallest absolute Gasteiger partial charge is 0.241 e. The molecule has 1 heterocycles. The van der Waals surface area contributed by atoms with E-state index < -0.39 is 10.0 Å². The number of rotatable bonds is 4. The van der Waals surface area contributed by atoms with Gasteiger partial charge in [-0.3, -0.25) is 4.79 Å². The number of phenolic OH excluding ortho intramolecular Hbond substituents is 1. The highest BCUT2D eigenvalue weighted by Gasteiger charge is 2.20. The first-order valence-corrected chi connectivity index (χ1v) is 8.04. The molecule has 2 N–H and O–H groups in total. The molecule has 1 aliphatic rings. The summed E-state index contributed by atoms with van der Waals surface area (Å²) in [6, 6.07) is 5.34. The van der Waals surface area contributed by atoms with Gasteiger partial charge >= 0.3 is 0 Å². The van der Waals surface area contributed by atoms with Gasteiger partial charge in [-0.15, -0.1) is 0 Å². The number of aromatic hydroxyl groups is 1. The van der Waals surface area contributed by atoms with E-state index >= 15 is 0 Å². The lowest BCUT2D eigenvalue weighted by Crippen LogP contribution is -2.42. The minimum absolute atomic E-state index is 0.0519. The molecule has 2 rings (SSSR count). The highest BCUT2D eigenvalue weighted by molar-refractivity contribution is 7.89. The number of hydrogen-bond acceptors (Lipinski definition) is 4. The van der Waals surface area contributed by atoms with E-state index in [2.05, 4.69) is 4.72 Å². The van der Waals surface area contributed by atoms with Crippen molar-refractivity contribution >= 4 is 15.9 Å². The first-order valence-electron chi connectivity index (χ1n) is 6.55. The van der Waals surface area contributed by atoms with E-state index in [0.717, 1.165) is 25.3 Å². The molecule has 20 heavy (non-hydrogen) atoms. The van der Waals surface area contributed by atoms with Gasteiger partial charge in [-0.2, -0.15) is 0 Å². The Morgan fingerprint density at radius 1 is 1.25 bits per heavy atom. The van der Waals surface area contributed by atoms with Gasteiger partial charge in [0.15, 0.2) is 0 Å². The van der Waals surface area contributed by atoms with Gasteiger partial charge in [0.2, 0.25) is 15.9 Å². The lowest BCUT2D eigenvalue weighted by Gasteiger charge is -2.26. The van der Waals surface area contributed by atoms with Crippen LogP contribution in [0.15, 0.2) is 29.2 Å². The number of benzene rings is 1. The molecule has 7 heteroatoms. The molecule has 0 radical (unpaired) electrons. The van der Waals surface area contributed by atoms with Crippen molar-refractivity contribution in [2.75, 3.05) is 19.6 Å². The van der Waals surface area contributed by atoms with Crippen molar-refractivity contribution in [1.29, 1.82) is 0 Å². The fraction of sp³-hybridized carbons (Fsp3) is 0.462. The number of nitrogens with zero attached hydrogens (tertiary/aromatic N) is 1. The Morgan fingerprint density at radius 3 is 2.60 bits per heavy atom. The Bertz CT molecular complexity index is 580. The molecule has 0 saturated carbocycles. The van der Waals surface area contributed by atoms with Gasteiger partial charge in [0.1, 0.15) is 5.75 Å². The SMILES string of the molecule is O=C(CNS(=O)(=O)c1cccc(O)c1)N1CCCCC1. The fourth-order valence-corrected chi connectivity index (χ4v) is 3.16. The summed E-state index contributed by atoms with van der Waals surface area (Å²) in [5.41, 5.74) is 0. The van der Waals surface area contributed by atoms with Crippen LogP contribution in [0.1, 0.15) is 19.3 Å². The van der Waals surface area contributed by atoms with Gasteiger partial charge in [-0.1, -0.05) is 6.07 Å². The number of piperidine rings is 1. The number of hydrogen-bond donors (Lipinski definition) is 2. The minimum atomic E-state index is -3.77. The van der Waals surface area contributed by atoms with Crippen molar-refractivity contribution in [2.45, 2.75) is 24.2 Å². The quantitative estimate of drug-likeness (QED) is 0.856. The van der Waals surface area contributed by atoms with E-state index in [1.54, 1.807) is 4.90 Å². The van der Waals surface area contributed by atoms with E-state index in [1.807, 2.05) is 0 Å². The molecule has 0 aliphatic carbocycles. The lowest BCUT2D eigenvalue weighted by molar-refractivity contribution is -0.130. The highest BCUT2D eigenvalue weighted by Crippen LogP contribution is 2.15. The van der Waals surface area contributed by atoms with E-state index in [-0.39, 0.29) is 23.1 Å². The Morgan fingerprint density at radius 2 is 1.95 bits per heavy atom. The first kappa shape index (κ1) is 14.8. The van der Waals surface area contributed by atoms with Gasteiger partial charge in [-0.05, 0) is 37.5 Å². The van der Waals surface area contributed by atoms with E-state index in [4.69, 9.17) is 0 Å². The number of sulfonamides is 1. The standard InChI is InChI=1S/C13H18N2O4S/c16-11-5-4-6-12(9-11)20(18,19)14-10-13(17)15-7-2-1-3-8-15/h4-6,9,14,16H,1-3,7-8,10H2. The summed E-state index contributed by atoms with van der Waals surface area (Å²) < 4.78 is 26.2. The predicted octanol–water partition coefficient (Wildman–Crippen LogP) is 0.683. The molecule has 0 bridgehead atoms. The molecule has 1 amide bonds. The van der Waals surface area contributed by atoms with Crippen molar-refractivity contribution in [3.8, 4) is 5.75 Å². The molecule has 0 spiro atoms. The van der Waals surface area contributed by atoms with Crippen LogP contribution in [0.2, 0.25) is 0 Å². The van der Waals surface area contributed by atoms with Crippen molar-refractivity contribution in [3.63, 3.8) is 0 Å². The van der Waals surface area contributed by atoms with Crippen LogP contribution in [0.3, 0.4) is 0 Å². The second kappa shape index (κ2) is 6.23. The van der Waals surface area contributed by atoms with Crippen molar-refractivity contribution in [1.82, 2.24) is 9.62 Å². The van der Waals surface area contributed by atoms with Crippen LogP contribution in [0.4, 0.5) is 0 Å². The van der Waals surface area contributed by atoms with Crippen LogP contribution in [0.5, 0.6) is 5.75 Å². The number of carbonyl (C=O) groups excluding carboxylic acids is 1. The third kappa shape index (κ3) is 3.71. The Labute approximate surface area is 118 Å². The van der Waals surface area contributed by atoms with Crippen LogP contribution in [-0.2, 0) is 14.8 Å². The van der Waals surface area contributed by atoms with Crippen LogP contribution in [-0.4, -0.2) is 44.0 Å². The third-order valence-corrected chi connectivity index (χ3v) is 4.65. The molecule has 1 aromatic rings. The zero-order valence-electron chi connectivity index (χ0n) is 11.1. The van der Waals surface area contributed by atoms with Gasteiger partial charge < -0.3 is 10.0 Å². The van der Waals surface area contributed by atoms with Gasteiger partial charge in [0, 0.05) is 13.1 Å². The average molecular weight is 298 g/mol. The van der Waals surface area contributed by atoms with Crippen molar-refractivity contribution < 1.29 is 18.3 Å². The maximum atomic E-state index is 12.0. The van der Waals surface area contributed by atoms with Crippen LogP contribution >= 0.6 is 0 Å². The predicted molar refractivity (Wildman–Crippen MR) is 73.7 cm³/mol. The number of likely N-dealkylation sites (tertiary alicyclic amines) is 1.